The molecule has 2 aliphatic rings. The zero-order valence-electron chi connectivity index (χ0n) is 13.9. The number of carbonyl (C=O) groups is 1. The molecule has 0 bridgehead atoms. The van der Waals surface area contributed by atoms with Crippen molar-refractivity contribution < 1.29 is 14.1 Å². The third-order valence-corrected chi connectivity index (χ3v) is 7.91. The first-order valence-electron chi connectivity index (χ1n) is 7.51. The maximum Gasteiger partial charge on any atom is 0.490 e. The van der Waals surface area contributed by atoms with Crippen molar-refractivity contribution in [2.75, 3.05) is 0 Å². The van der Waals surface area contributed by atoms with Gasteiger partial charge in [-0.25, -0.2) is 0 Å². The van der Waals surface area contributed by atoms with Crippen molar-refractivity contribution >= 4 is 21.0 Å². The highest BCUT2D eigenvalue weighted by Crippen LogP contribution is 2.43. The van der Waals surface area contributed by atoms with E-state index < -0.39 is 8.07 Å². The van der Waals surface area contributed by atoms with Gasteiger partial charge in [0.05, 0.1) is 11.2 Å². The zero-order valence-corrected chi connectivity index (χ0v) is 14.9. The predicted molar refractivity (Wildman–Crippen MR) is 85.5 cm³/mol. The Morgan fingerprint density at radius 2 is 1.60 bits per heavy atom. The number of allylic oxidation sites excluding steroid dienone is 2. The summed E-state index contributed by atoms with van der Waals surface area (Å²) in [5.74, 6) is 0.230. The predicted octanol–water partition coefficient (Wildman–Crippen LogP) is 3.62. The first-order valence-corrected chi connectivity index (χ1v) is 11.1. The summed E-state index contributed by atoms with van der Waals surface area (Å²) in [6.07, 6.45) is 3.40. The van der Waals surface area contributed by atoms with Gasteiger partial charge in [-0.1, -0.05) is 19.6 Å². The Bertz CT molecular complexity index is 433. The Balaban J connectivity index is 2.20. The molecule has 1 atom stereocenters. The summed E-state index contributed by atoms with van der Waals surface area (Å²) in [7, 11) is -1.69. The maximum absolute atomic E-state index is 12.0. The van der Waals surface area contributed by atoms with E-state index >= 15 is 0 Å². The Morgan fingerprint density at radius 3 is 2.05 bits per heavy atom. The number of hydrogen-bond acceptors (Lipinski definition) is 3. The largest absolute Gasteiger partial charge is 0.490 e. The van der Waals surface area contributed by atoms with Crippen LogP contribution in [0, 0.1) is 0 Å². The van der Waals surface area contributed by atoms with E-state index in [1.807, 2.05) is 27.7 Å². The Morgan fingerprint density at radius 1 is 1.10 bits per heavy atom. The van der Waals surface area contributed by atoms with Crippen LogP contribution in [-0.2, 0) is 14.1 Å². The average Bonchev–Trinajstić information content (AvgIpc) is 2.46. The van der Waals surface area contributed by atoms with Crippen molar-refractivity contribution in [2.24, 2.45) is 0 Å². The third kappa shape index (κ3) is 2.95. The molecule has 0 spiro atoms. The average molecular weight is 294 g/mol. The summed E-state index contributed by atoms with van der Waals surface area (Å²) in [4.78, 5) is 12.0. The number of rotatable bonds is 2. The SMILES string of the molecule is CC1(C)OB(C2=CC(=O)C[C@H]([Si](C)(C)C)C2)OC1(C)C. The van der Waals surface area contributed by atoms with E-state index in [1.54, 1.807) is 6.08 Å². The molecular weight excluding hydrogens is 267 g/mol. The minimum atomic E-state index is -1.34. The van der Waals surface area contributed by atoms with Crippen LogP contribution in [0.25, 0.3) is 0 Å². The van der Waals surface area contributed by atoms with Gasteiger partial charge in [-0.15, -0.1) is 0 Å². The fourth-order valence-electron chi connectivity index (χ4n) is 2.70. The van der Waals surface area contributed by atoms with Crippen LogP contribution in [0.1, 0.15) is 40.5 Å². The van der Waals surface area contributed by atoms with Gasteiger partial charge in [0.2, 0.25) is 0 Å². The van der Waals surface area contributed by atoms with E-state index in [2.05, 4.69) is 19.6 Å². The van der Waals surface area contributed by atoms with Gasteiger partial charge in [0.1, 0.15) is 0 Å². The monoisotopic (exact) mass is 294 g/mol. The molecule has 0 radical (unpaired) electrons. The fourth-order valence-corrected chi connectivity index (χ4v) is 4.36. The molecule has 112 valence electrons. The lowest BCUT2D eigenvalue weighted by atomic mass is 9.72. The summed E-state index contributed by atoms with van der Waals surface area (Å²) >= 11 is 0. The maximum atomic E-state index is 12.0. The molecule has 0 unspecified atom stereocenters. The number of ketones is 1. The van der Waals surface area contributed by atoms with Gasteiger partial charge < -0.3 is 9.31 Å². The van der Waals surface area contributed by atoms with E-state index in [0.717, 1.165) is 11.9 Å². The first kappa shape index (κ1) is 16.0. The van der Waals surface area contributed by atoms with Gasteiger partial charge in [0.15, 0.2) is 5.78 Å². The fraction of sp³-hybridized carbons (Fsp3) is 0.800. The molecule has 2 rings (SSSR count). The smallest absolute Gasteiger partial charge is 0.400 e. The molecular formula is C15H27BO3Si. The lowest BCUT2D eigenvalue weighted by molar-refractivity contribution is -0.115. The van der Waals surface area contributed by atoms with E-state index in [1.165, 1.54) is 0 Å². The van der Waals surface area contributed by atoms with E-state index in [-0.39, 0.29) is 24.1 Å². The van der Waals surface area contributed by atoms with Crippen LogP contribution < -0.4 is 0 Å². The normalized spacial score (nSPS) is 29.6. The lowest BCUT2D eigenvalue weighted by Gasteiger charge is -2.32. The molecule has 1 heterocycles. The molecule has 0 N–H and O–H groups in total. The Hall–Kier alpha value is -0.388. The molecule has 3 nitrogen and oxygen atoms in total. The second-order valence-electron chi connectivity index (χ2n) is 8.25. The Labute approximate surface area is 124 Å². The quantitative estimate of drug-likeness (QED) is 0.730. The molecule has 0 aromatic rings. The minimum absolute atomic E-state index is 0.230. The van der Waals surface area contributed by atoms with Gasteiger partial charge in [-0.2, -0.15) is 0 Å². The van der Waals surface area contributed by atoms with Crippen LogP contribution in [0.5, 0.6) is 0 Å². The van der Waals surface area contributed by atoms with E-state index in [0.29, 0.717) is 12.0 Å². The van der Waals surface area contributed by atoms with Crippen LogP contribution in [0.4, 0.5) is 0 Å². The number of carbonyl (C=O) groups excluding carboxylic acids is 1. The second kappa shape index (κ2) is 4.82. The molecule has 0 saturated carbocycles. The van der Waals surface area contributed by atoms with Gasteiger partial charge in [0, 0.05) is 14.5 Å². The minimum Gasteiger partial charge on any atom is -0.400 e. The highest BCUT2D eigenvalue weighted by atomic mass is 28.3. The molecule has 1 fully saturated rings. The molecule has 0 aromatic heterocycles. The van der Waals surface area contributed by atoms with Crippen molar-refractivity contribution in [1.82, 2.24) is 0 Å². The molecule has 0 amide bonds. The molecule has 20 heavy (non-hydrogen) atoms. The van der Waals surface area contributed by atoms with Crippen LogP contribution in [0.15, 0.2) is 11.5 Å². The van der Waals surface area contributed by atoms with Crippen molar-refractivity contribution in [3.05, 3.63) is 11.5 Å². The molecule has 5 heteroatoms. The molecule has 1 saturated heterocycles. The van der Waals surface area contributed by atoms with Crippen LogP contribution >= 0.6 is 0 Å². The second-order valence-corrected chi connectivity index (χ2v) is 13.8. The highest BCUT2D eigenvalue weighted by Gasteiger charge is 2.53. The lowest BCUT2D eigenvalue weighted by Crippen LogP contribution is -2.41. The van der Waals surface area contributed by atoms with Crippen LogP contribution in [-0.4, -0.2) is 32.2 Å². The van der Waals surface area contributed by atoms with Gasteiger partial charge in [-0.05, 0) is 51.2 Å². The summed E-state index contributed by atoms with van der Waals surface area (Å²) in [6, 6.07) is 0. The van der Waals surface area contributed by atoms with Gasteiger partial charge in [0.25, 0.3) is 0 Å². The summed E-state index contributed by atoms with van der Waals surface area (Å²) in [5, 5.41) is 0. The van der Waals surface area contributed by atoms with E-state index in [9.17, 15) is 4.79 Å². The Kier molecular flexibility index (Phi) is 3.85. The highest BCUT2D eigenvalue weighted by molar-refractivity contribution is 6.78. The van der Waals surface area contributed by atoms with Crippen LogP contribution in [0.2, 0.25) is 25.2 Å². The summed E-state index contributed by atoms with van der Waals surface area (Å²) < 4.78 is 12.2. The first-order chi connectivity index (χ1) is 8.92. The summed E-state index contributed by atoms with van der Waals surface area (Å²) in [5.41, 5.74) is 0.850. The van der Waals surface area contributed by atoms with Gasteiger partial charge >= 0.3 is 7.12 Å². The number of hydrogen-bond donors (Lipinski definition) is 0. The molecule has 0 aromatic carbocycles. The topological polar surface area (TPSA) is 35.5 Å². The van der Waals surface area contributed by atoms with Crippen molar-refractivity contribution in [2.45, 2.75) is 76.9 Å². The van der Waals surface area contributed by atoms with Crippen molar-refractivity contribution in [3.8, 4) is 0 Å². The third-order valence-electron chi connectivity index (χ3n) is 5.06. The van der Waals surface area contributed by atoms with E-state index in [4.69, 9.17) is 9.31 Å². The van der Waals surface area contributed by atoms with Gasteiger partial charge in [-0.3, -0.25) is 4.79 Å². The standard InChI is InChI=1S/C15H27BO3Si/c1-14(2)15(3,4)19-16(18-14)11-8-12(17)10-13(9-11)20(5,6)7/h8,13H,9-10H2,1-7H3/t13-/m1/s1. The summed E-state index contributed by atoms with van der Waals surface area (Å²) in [6.45, 7) is 15.2. The van der Waals surface area contributed by atoms with Crippen LogP contribution in [0.3, 0.4) is 0 Å². The van der Waals surface area contributed by atoms with Crippen molar-refractivity contribution in [3.63, 3.8) is 0 Å². The molecule has 1 aliphatic heterocycles. The van der Waals surface area contributed by atoms with Crippen molar-refractivity contribution in [1.29, 1.82) is 0 Å². The zero-order chi connectivity index (χ0) is 15.3. The molecule has 1 aliphatic carbocycles.